The molecule has 12 nitrogen and oxygen atoms in total. The first-order valence-corrected chi connectivity index (χ1v) is 10.9. The third-order valence-electron chi connectivity index (χ3n) is 4.34. The molecule has 14 heteroatoms. The number of thioether (sulfide) groups is 1. The van der Waals surface area contributed by atoms with E-state index < -0.39 is 44.2 Å². The van der Waals surface area contributed by atoms with Gasteiger partial charge in [-0.2, -0.15) is 4.72 Å². The lowest BCUT2D eigenvalue weighted by atomic mass is 10.0. The fraction of sp³-hybridized carbons (Fsp3) is 0.312. The maximum absolute atomic E-state index is 12.5. The van der Waals surface area contributed by atoms with E-state index in [1.807, 2.05) is 0 Å². The topological polar surface area (TPSA) is 173 Å². The largest absolute Gasteiger partial charge is 0.477 e. The minimum absolute atomic E-state index is 0.124. The molecule has 0 spiro atoms. The monoisotopic (exact) mass is 457 g/mol. The maximum atomic E-state index is 12.5. The Morgan fingerprint density at radius 3 is 2.53 bits per heavy atom. The van der Waals surface area contributed by atoms with Gasteiger partial charge in [-0.15, -0.1) is 11.8 Å². The van der Waals surface area contributed by atoms with Gasteiger partial charge in [0, 0.05) is 30.4 Å². The summed E-state index contributed by atoms with van der Waals surface area (Å²) in [5.74, 6) is -2.65. The van der Waals surface area contributed by atoms with E-state index in [9.17, 15) is 38.0 Å². The normalized spacial score (nSPS) is 21.0. The lowest BCUT2D eigenvalue weighted by Gasteiger charge is -2.49. The highest BCUT2D eigenvalue weighted by Crippen LogP contribution is 2.40. The fourth-order valence-corrected chi connectivity index (χ4v) is 5.55. The van der Waals surface area contributed by atoms with Crippen LogP contribution in [-0.4, -0.2) is 65.0 Å². The number of fused-ring (bicyclic) bond motifs is 1. The number of nitro benzene ring substituents is 1. The zero-order chi connectivity index (χ0) is 22.2. The molecule has 1 saturated heterocycles. The molecule has 1 fully saturated rings. The number of ether oxygens (including phenoxy) is 1. The second-order valence-electron chi connectivity index (χ2n) is 6.30. The molecule has 1 aromatic rings. The number of carboxylic acid groups (broad SMARTS) is 1. The van der Waals surface area contributed by atoms with Crippen molar-refractivity contribution in [3.8, 4) is 0 Å². The second-order valence-corrected chi connectivity index (χ2v) is 9.12. The third-order valence-corrected chi connectivity index (χ3v) is 7.14. The van der Waals surface area contributed by atoms with Gasteiger partial charge in [-0.05, 0) is 12.1 Å². The van der Waals surface area contributed by atoms with Crippen LogP contribution in [0.2, 0.25) is 0 Å². The summed E-state index contributed by atoms with van der Waals surface area (Å²) in [7, 11) is -4.19. The minimum Gasteiger partial charge on any atom is -0.477 e. The summed E-state index contributed by atoms with van der Waals surface area (Å²) in [6.45, 7) is 0.872. The van der Waals surface area contributed by atoms with Gasteiger partial charge >= 0.3 is 11.9 Å². The molecule has 2 atom stereocenters. The average molecular weight is 457 g/mol. The van der Waals surface area contributed by atoms with E-state index in [0.717, 1.165) is 47.9 Å². The van der Waals surface area contributed by atoms with Crippen molar-refractivity contribution in [2.75, 3.05) is 12.4 Å². The van der Waals surface area contributed by atoms with Crippen LogP contribution in [0.5, 0.6) is 0 Å². The predicted molar refractivity (Wildman–Crippen MR) is 102 cm³/mol. The molecule has 1 amide bonds. The average Bonchev–Trinajstić information content (AvgIpc) is 2.69. The number of carboxylic acids is 1. The summed E-state index contributed by atoms with van der Waals surface area (Å²) in [5, 5.41) is 19.4. The molecule has 2 heterocycles. The van der Waals surface area contributed by atoms with Crippen LogP contribution in [0.1, 0.15) is 6.92 Å². The Hall–Kier alpha value is -2.97. The number of benzene rings is 1. The zero-order valence-corrected chi connectivity index (χ0v) is 16.9. The summed E-state index contributed by atoms with van der Waals surface area (Å²) >= 11 is 1.12. The quantitative estimate of drug-likeness (QED) is 0.247. The van der Waals surface area contributed by atoms with E-state index in [1.165, 1.54) is 0 Å². The van der Waals surface area contributed by atoms with Crippen LogP contribution in [0.15, 0.2) is 40.4 Å². The van der Waals surface area contributed by atoms with Gasteiger partial charge in [0.15, 0.2) is 0 Å². The number of hydrogen-bond acceptors (Lipinski definition) is 9. The van der Waals surface area contributed by atoms with Crippen molar-refractivity contribution in [2.45, 2.75) is 23.2 Å². The lowest BCUT2D eigenvalue weighted by Crippen LogP contribution is -2.70. The SMILES string of the molecule is CC(=O)OCC1=C(C(=O)O)N2C(=O)[C@@H](NS(=O)(=O)c3ccc([N+](=O)[O-])cc3)[C@H]2SC1. The van der Waals surface area contributed by atoms with E-state index in [2.05, 4.69) is 4.72 Å². The number of rotatable bonds is 7. The van der Waals surface area contributed by atoms with Crippen molar-refractivity contribution in [2.24, 2.45) is 0 Å². The first kappa shape index (κ1) is 21.7. The Labute approximate surface area is 174 Å². The Morgan fingerprint density at radius 2 is 2.00 bits per heavy atom. The molecule has 0 aromatic heterocycles. The standard InChI is InChI=1S/C16H15N3O9S2/c1-8(20)28-6-9-7-29-15-12(14(21)18(15)13(9)16(22)23)17-30(26,27)11-4-2-10(3-5-11)19(24)25/h2-5,12,15,17H,6-7H2,1H3,(H,22,23)/t12-,15-/m1/s1. The molecule has 1 aromatic carbocycles. The number of nitrogens with one attached hydrogen (secondary N) is 1. The van der Waals surface area contributed by atoms with Gasteiger partial charge in [-0.25, -0.2) is 13.2 Å². The predicted octanol–water partition coefficient (Wildman–Crippen LogP) is 0.0586. The van der Waals surface area contributed by atoms with Crippen molar-refractivity contribution < 1.29 is 37.6 Å². The summed E-state index contributed by atoms with van der Waals surface area (Å²) in [6, 6.07) is 2.90. The highest BCUT2D eigenvalue weighted by atomic mass is 32.2. The Balaban J connectivity index is 1.79. The van der Waals surface area contributed by atoms with Gasteiger partial charge < -0.3 is 9.84 Å². The van der Waals surface area contributed by atoms with Gasteiger partial charge in [-0.3, -0.25) is 24.6 Å². The van der Waals surface area contributed by atoms with Crippen molar-refractivity contribution in [3.05, 3.63) is 45.6 Å². The van der Waals surface area contributed by atoms with Crippen LogP contribution in [0.4, 0.5) is 5.69 Å². The maximum Gasteiger partial charge on any atom is 0.352 e. The molecule has 0 bridgehead atoms. The van der Waals surface area contributed by atoms with Gasteiger partial charge in [-0.1, -0.05) is 0 Å². The van der Waals surface area contributed by atoms with Crippen molar-refractivity contribution in [3.63, 3.8) is 0 Å². The van der Waals surface area contributed by atoms with E-state index in [1.54, 1.807) is 0 Å². The Kier molecular flexibility index (Phi) is 5.83. The molecule has 2 aliphatic rings. The van der Waals surface area contributed by atoms with E-state index in [0.29, 0.717) is 0 Å². The molecular formula is C16H15N3O9S2. The van der Waals surface area contributed by atoms with Crippen LogP contribution >= 0.6 is 11.8 Å². The van der Waals surface area contributed by atoms with E-state index in [4.69, 9.17) is 4.74 Å². The number of non-ortho nitro benzene ring substituents is 1. The van der Waals surface area contributed by atoms with Gasteiger partial charge in [0.2, 0.25) is 15.9 Å². The smallest absolute Gasteiger partial charge is 0.352 e. The van der Waals surface area contributed by atoms with Gasteiger partial charge in [0.05, 0.1) is 9.82 Å². The van der Waals surface area contributed by atoms with Crippen molar-refractivity contribution in [1.82, 2.24) is 9.62 Å². The molecule has 2 aliphatic heterocycles. The second kappa shape index (κ2) is 8.04. The van der Waals surface area contributed by atoms with Gasteiger partial charge in [0.1, 0.15) is 23.7 Å². The van der Waals surface area contributed by atoms with Crippen molar-refractivity contribution >= 4 is 45.3 Å². The first-order valence-electron chi connectivity index (χ1n) is 8.33. The third kappa shape index (κ3) is 4.01. The molecule has 160 valence electrons. The van der Waals surface area contributed by atoms with Crippen LogP contribution in [-0.2, 0) is 29.1 Å². The number of carbonyl (C=O) groups excluding carboxylic acids is 2. The van der Waals surface area contributed by atoms with Gasteiger partial charge in [0.25, 0.3) is 5.69 Å². The number of β-lactam (4-membered cyclic amide) rings is 1. The van der Waals surface area contributed by atoms with E-state index in [-0.39, 0.29) is 34.2 Å². The molecule has 0 saturated carbocycles. The molecule has 3 rings (SSSR count). The minimum atomic E-state index is -4.19. The summed E-state index contributed by atoms with van der Waals surface area (Å²) in [4.78, 5) is 45.9. The number of hydrogen-bond donors (Lipinski definition) is 2. The Morgan fingerprint density at radius 1 is 1.37 bits per heavy atom. The number of carbonyl (C=O) groups is 3. The number of nitro groups is 1. The molecule has 2 N–H and O–H groups in total. The molecule has 0 aliphatic carbocycles. The van der Waals surface area contributed by atoms with Crippen LogP contribution in [0.3, 0.4) is 0 Å². The number of nitrogens with zero attached hydrogens (tertiary/aromatic N) is 2. The van der Waals surface area contributed by atoms with Crippen LogP contribution < -0.4 is 4.72 Å². The van der Waals surface area contributed by atoms with Crippen LogP contribution in [0.25, 0.3) is 0 Å². The summed E-state index contributed by atoms with van der Waals surface area (Å²) in [5.41, 5.74) is -0.404. The first-order chi connectivity index (χ1) is 14.0. The highest BCUT2D eigenvalue weighted by Gasteiger charge is 2.55. The number of aliphatic carboxylic acids is 1. The number of sulfonamides is 1. The molecule has 0 radical (unpaired) electrons. The van der Waals surface area contributed by atoms with E-state index >= 15 is 0 Å². The summed E-state index contributed by atoms with van der Waals surface area (Å²) < 4.78 is 32.1. The number of amides is 1. The summed E-state index contributed by atoms with van der Waals surface area (Å²) in [6.07, 6.45) is 0. The molecule has 30 heavy (non-hydrogen) atoms. The molecular weight excluding hydrogens is 442 g/mol. The zero-order valence-electron chi connectivity index (χ0n) is 15.3. The fourth-order valence-electron chi connectivity index (χ4n) is 2.94. The van der Waals surface area contributed by atoms with Crippen molar-refractivity contribution in [1.29, 1.82) is 0 Å². The number of esters is 1. The Bertz CT molecular complexity index is 1070. The lowest BCUT2D eigenvalue weighted by molar-refractivity contribution is -0.384. The molecule has 0 unspecified atom stereocenters. The van der Waals surface area contributed by atoms with Crippen LogP contribution in [0, 0.1) is 10.1 Å². The highest BCUT2D eigenvalue weighted by molar-refractivity contribution is 8.00.